The molecule has 4 heteroatoms. The SMILES string of the molecule is C=C(C)CC(N)C(C)S(C)(=O)=O. The van der Waals surface area contributed by atoms with Gasteiger partial charge < -0.3 is 5.73 Å². The van der Waals surface area contributed by atoms with E-state index in [0.717, 1.165) is 5.57 Å². The van der Waals surface area contributed by atoms with E-state index in [0.29, 0.717) is 6.42 Å². The normalized spacial score (nSPS) is 17.0. The summed E-state index contributed by atoms with van der Waals surface area (Å²) in [5.74, 6) is 0. The van der Waals surface area contributed by atoms with Gasteiger partial charge in [-0.2, -0.15) is 0 Å². The van der Waals surface area contributed by atoms with Crippen molar-refractivity contribution in [3.05, 3.63) is 12.2 Å². The van der Waals surface area contributed by atoms with Crippen molar-refractivity contribution in [2.24, 2.45) is 5.73 Å². The number of rotatable bonds is 4. The van der Waals surface area contributed by atoms with Crippen LogP contribution in [0, 0.1) is 0 Å². The van der Waals surface area contributed by atoms with Gasteiger partial charge in [0.2, 0.25) is 0 Å². The zero-order chi connectivity index (χ0) is 9.94. The summed E-state index contributed by atoms with van der Waals surface area (Å²) in [6.45, 7) is 7.15. The Hall–Kier alpha value is -0.350. The van der Waals surface area contributed by atoms with Crippen LogP contribution in [0.25, 0.3) is 0 Å². The van der Waals surface area contributed by atoms with Crippen molar-refractivity contribution in [2.75, 3.05) is 6.26 Å². The molecule has 0 saturated carbocycles. The molecule has 0 amide bonds. The minimum absolute atomic E-state index is 0.336. The molecule has 72 valence electrons. The average molecular weight is 191 g/mol. The Morgan fingerprint density at radius 2 is 2.00 bits per heavy atom. The molecule has 0 radical (unpaired) electrons. The summed E-state index contributed by atoms with van der Waals surface area (Å²) in [4.78, 5) is 0. The Labute approximate surface area is 74.6 Å². The molecule has 0 rings (SSSR count). The standard InChI is InChI=1S/C8H17NO2S/c1-6(2)5-8(9)7(3)12(4,10)11/h7-8H,1,5,9H2,2-4H3. The molecule has 0 aromatic carbocycles. The monoisotopic (exact) mass is 191 g/mol. The van der Waals surface area contributed by atoms with Crippen LogP contribution < -0.4 is 5.73 Å². The molecule has 0 saturated heterocycles. The molecule has 0 aliphatic rings. The summed E-state index contributed by atoms with van der Waals surface area (Å²) in [5.41, 5.74) is 6.58. The summed E-state index contributed by atoms with van der Waals surface area (Å²) in [5, 5.41) is -0.491. The number of sulfone groups is 1. The fraction of sp³-hybridized carbons (Fsp3) is 0.750. The van der Waals surface area contributed by atoms with E-state index in [9.17, 15) is 8.42 Å². The van der Waals surface area contributed by atoms with Crippen LogP contribution in [0.15, 0.2) is 12.2 Å². The van der Waals surface area contributed by atoms with Gasteiger partial charge in [-0.15, -0.1) is 6.58 Å². The molecule has 12 heavy (non-hydrogen) atoms. The van der Waals surface area contributed by atoms with Crippen molar-refractivity contribution in [3.8, 4) is 0 Å². The average Bonchev–Trinajstić information content (AvgIpc) is 1.82. The molecular formula is C8H17NO2S. The first kappa shape index (κ1) is 11.6. The molecule has 0 bridgehead atoms. The Balaban J connectivity index is 4.30. The second-order valence-electron chi connectivity index (χ2n) is 3.36. The number of hydrogen-bond donors (Lipinski definition) is 1. The molecule has 0 aliphatic carbocycles. The van der Waals surface area contributed by atoms with Gasteiger partial charge in [-0.05, 0) is 20.3 Å². The van der Waals surface area contributed by atoms with E-state index in [1.165, 1.54) is 6.26 Å². The lowest BCUT2D eigenvalue weighted by Gasteiger charge is -2.17. The summed E-state index contributed by atoms with van der Waals surface area (Å²) < 4.78 is 22.1. The van der Waals surface area contributed by atoms with Crippen molar-refractivity contribution in [3.63, 3.8) is 0 Å². The second-order valence-corrected chi connectivity index (χ2v) is 5.76. The zero-order valence-electron chi connectivity index (χ0n) is 7.87. The molecular weight excluding hydrogens is 174 g/mol. The molecule has 0 aromatic rings. The zero-order valence-corrected chi connectivity index (χ0v) is 8.69. The number of nitrogens with two attached hydrogens (primary N) is 1. The summed E-state index contributed by atoms with van der Waals surface area (Å²) >= 11 is 0. The first-order chi connectivity index (χ1) is 5.25. The minimum atomic E-state index is -3.01. The third-order valence-corrected chi connectivity index (χ3v) is 3.56. The third kappa shape index (κ3) is 3.88. The van der Waals surface area contributed by atoms with E-state index in [-0.39, 0.29) is 6.04 Å². The Morgan fingerprint density at radius 1 is 1.58 bits per heavy atom. The fourth-order valence-electron chi connectivity index (χ4n) is 0.886. The molecule has 0 aromatic heterocycles. The Bertz CT molecular complexity index is 256. The van der Waals surface area contributed by atoms with Crippen LogP contribution in [0.1, 0.15) is 20.3 Å². The van der Waals surface area contributed by atoms with Gasteiger partial charge in [-0.3, -0.25) is 0 Å². The van der Waals surface area contributed by atoms with Crippen molar-refractivity contribution in [1.82, 2.24) is 0 Å². The van der Waals surface area contributed by atoms with Crippen LogP contribution in [0.3, 0.4) is 0 Å². The first-order valence-electron chi connectivity index (χ1n) is 3.84. The highest BCUT2D eigenvalue weighted by Gasteiger charge is 2.22. The van der Waals surface area contributed by atoms with Gasteiger partial charge in [0.1, 0.15) is 0 Å². The van der Waals surface area contributed by atoms with Crippen LogP contribution in [0.5, 0.6) is 0 Å². The van der Waals surface area contributed by atoms with E-state index >= 15 is 0 Å². The Morgan fingerprint density at radius 3 is 2.25 bits per heavy atom. The topological polar surface area (TPSA) is 60.2 Å². The van der Waals surface area contributed by atoms with E-state index in [1.54, 1.807) is 6.92 Å². The quantitative estimate of drug-likeness (QED) is 0.666. The highest BCUT2D eigenvalue weighted by Crippen LogP contribution is 2.09. The van der Waals surface area contributed by atoms with E-state index in [1.807, 2.05) is 6.92 Å². The summed E-state index contributed by atoms with van der Waals surface area (Å²) in [6.07, 6.45) is 1.77. The lowest BCUT2D eigenvalue weighted by atomic mass is 10.1. The van der Waals surface area contributed by atoms with E-state index < -0.39 is 15.1 Å². The van der Waals surface area contributed by atoms with Gasteiger partial charge in [-0.25, -0.2) is 8.42 Å². The van der Waals surface area contributed by atoms with Gasteiger partial charge in [0.15, 0.2) is 9.84 Å². The van der Waals surface area contributed by atoms with Crippen molar-refractivity contribution < 1.29 is 8.42 Å². The van der Waals surface area contributed by atoms with Gasteiger partial charge >= 0.3 is 0 Å². The van der Waals surface area contributed by atoms with Crippen LogP contribution in [0.2, 0.25) is 0 Å². The van der Waals surface area contributed by atoms with Crippen LogP contribution >= 0.6 is 0 Å². The fourth-order valence-corrected chi connectivity index (χ4v) is 1.62. The highest BCUT2D eigenvalue weighted by atomic mass is 32.2. The lowest BCUT2D eigenvalue weighted by Crippen LogP contribution is -2.37. The maximum Gasteiger partial charge on any atom is 0.151 e. The van der Waals surface area contributed by atoms with Gasteiger partial charge in [0, 0.05) is 12.3 Å². The van der Waals surface area contributed by atoms with Gasteiger partial charge in [0.05, 0.1) is 5.25 Å². The predicted molar refractivity (Wildman–Crippen MR) is 51.7 cm³/mol. The van der Waals surface area contributed by atoms with E-state index in [2.05, 4.69) is 6.58 Å². The summed E-state index contributed by atoms with van der Waals surface area (Å²) in [7, 11) is -3.01. The van der Waals surface area contributed by atoms with Crippen molar-refractivity contribution in [2.45, 2.75) is 31.6 Å². The van der Waals surface area contributed by atoms with Crippen molar-refractivity contribution in [1.29, 1.82) is 0 Å². The van der Waals surface area contributed by atoms with Gasteiger partial charge in [0.25, 0.3) is 0 Å². The molecule has 0 fully saturated rings. The maximum atomic E-state index is 11.0. The van der Waals surface area contributed by atoms with E-state index in [4.69, 9.17) is 5.73 Å². The molecule has 0 aliphatic heterocycles. The second kappa shape index (κ2) is 4.05. The predicted octanol–water partition coefficient (Wildman–Crippen LogP) is 0.713. The third-order valence-electron chi connectivity index (χ3n) is 1.86. The van der Waals surface area contributed by atoms with Crippen LogP contribution in [0.4, 0.5) is 0 Å². The molecule has 0 spiro atoms. The summed E-state index contributed by atoms with van der Waals surface area (Å²) in [6, 6.07) is -0.336. The molecule has 0 heterocycles. The largest absolute Gasteiger partial charge is 0.326 e. The first-order valence-corrected chi connectivity index (χ1v) is 5.79. The maximum absolute atomic E-state index is 11.0. The van der Waals surface area contributed by atoms with Gasteiger partial charge in [-0.1, -0.05) is 5.57 Å². The van der Waals surface area contributed by atoms with Crippen molar-refractivity contribution >= 4 is 9.84 Å². The minimum Gasteiger partial charge on any atom is -0.326 e. The smallest absolute Gasteiger partial charge is 0.151 e. The van der Waals surface area contributed by atoms with Crippen LogP contribution in [-0.2, 0) is 9.84 Å². The number of hydrogen-bond acceptors (Lipinski definition) is 3. The molecule has 3 nitrogen and oxygen atoms in total. The molecule has 2 atom stereocenters. The Kier molecular flexibility index (Phi) is 3.93. The van der Waals surface area contributed by atoms with Crippen LogP contribution in [-0.4, -0.2) is 26.0 Å². The molecule has 2 N–H and O–H groups in total. The lowest BCUT2D eigenvalue weighted by molar-refractivity contribution is 0.561. The molecule has 2 unspecified atom stereocenters. The highest BCUT2D eigenvalue weighted by molar-refractivity contribution is 7.91.